The molecule has 25 heavy (non-hydrogen) atoms. The first kappa shape index (κ1) is 18.6. The second-order valence-electron chi connectivity index (χ2n) is 6.98. The fourth-order valence-corrected chi connectivity index (χ4v) is 4.62. The van der Waals surface area contributed by atoms with E-state index in [0.717, 1.165) is 24.5 Å². The van der Waals surface area contributed by atoms with Crippen LogP contribution in [0.2, 0.25) is 0 Å². The first-order valence-electron chi connectivity index (χ1n) is 8.62. The van der Waals surface area contributed by atoms with Gasteiger partial charge in [-0.2, -0.15) is 0 Å². The zero-order valence-electron chi connectivity index (χ0n) is 14.7. The number of ether oxygens (including phenoxy) is 3. The summed E-state index contributed by atoms with van der Waals surface area (Å²) in [5, 5.41) is 3.18. The molecule has 2 aliphatic carbocycles. The standard InChI is InChI=1S/C18H25N3O3.HI/c1-22-11-4-5-14(23-2)13(10-11)20-17(19)21-15-12-6-9-24-16(12)18(15)7-3-8-18;/h4-5,10,12,15-16H,3,6-9H2,1-2H3,(H3,19,20,21);1H. The van der Waals surface area contributed by atoms with E-state index in [1.54, 1.807) is 14.2 Å². The molecule has 7 heteroatoms. The van der Waals surface area contributed by atoms with Crippen molar-refractivity contribution in [1.82, 2.24) is 0 Å². The molecule has 2 saturated carbocycles. The van der Waals surface area contributed by atoms with Crippen LogP contribution in [0.4, 0.5) is 5.69 Å². The summed E-state index contributed by atoms with van der Waals surface area (Å²) >= 11 is 0. The summed E-state index contributed by atoms with van der Waals surface area (Å²) in [5.74, 6) is 2.42. The van der Waals surface area contributed by atoms with Gasteiger partial charge in [0.15, 0.2) is 5.96 Å². The topological polar surface area (TPSA) is 78.1 Å². The van der Waals surface area contributed by atoms with Crippen molar-refractivity contribution in [2.75, 3.05) is 26.1 Å². The Hall–Kier alpha value is -1.22. The minimum absolute atomic E-state index is 0. The van der Waals surface area contributed by atoms with E-state index in [2.05, 4.69) is 5.32 Å². The van der Waals surface area contributed by atoms with Crippen molar-refractivity contribution in [2.45, 2.75) is 37.8 Å². The van der Waals surface area contributed by atoms with Gasteiger partial charge in [0, 0.05) is 24.0 Å². The van der Waals surface area contributed by atoms with Crippen LogP contribution < -0.4 is 20.5 Å². The second kappa shape index (κ2) is 7.19. The zero-order valence-corrected chi connectivity index (χ0v) is 17.0. The van der Waals surface area contributed by atoms with Gasteiger partial charge in [-0.1, -0.05) is 6.42 Å². The minimum atomic E-state index is 0. The highest BCUT2D eigenvalue weighted by Gasteiger charge is 2.66. The molecule has 3 N–H and O–H groups in total. The Morgan fingerprint density at radius 2 is 2.12 bits per heavy atom. The molecule has 1 aromatic rings. The lowest BCUT2D eigenvalue weighted by Crippen LogP contribution is -2.65. The third-order valence-corrected chi connectivity index (χ3v) is 5.93. The molecular formula is C18H26IN3O3. The molecule has 0 amide bonds. The van der Waals surface area contributed by atoms with Crippen LogP contribution >= 0.6 is 24.0 Å². The van der Waals surface area contributed by atoms with Crippen molar-refractivity contribution >= 4 is 35.6 Å². The SMILES string of the molecule is COc1ccc(OC)c(NC(N)=NC2C3CCOC3C23CCC3)c1.I. The summed E-state index contributed by atoms with van der Waals surface area (Å²) in [6.45, 7) is 0.861. The van der Waals surface area contributed by atoms with Gasteiger partial charge in [0.05, 0.1) is 32.1 Å². The molecule has 1 aromatic carbocycles. The van der Waals surface area contributed by atoms with Crippen LogP contribution in [0.25, 0.3) is 0 Å². The number of benzene rings is 1. The molecular weight excluding hydrogens is 433 g/mol. The zero-order chi connectivity index (χ0) is 16.7. The van der Waals surface area contributed by atoms with Crippen LogP contribution in [0.3, 0.4) is 0 Å². The Labute approximate surface area is 165 Å². The van der Waals surface area contributed by atoms with Crippen LogP contribution in [-0.2, 0) is 4.74 Å². The average Bonchev–Trinajstić information content (AvgIpc) is 2.96. The van der Waals surface area contributed by atoms with E-state index in [4.69, 9.17) is 24.9 Å². The Morgan fingerprint density at radius 3 is 2.76 bits per heavy atom. The number of anilines is 1. The predicted molar refractivity (Wildman–Crippen MR) is 108 cm³/mol. The van der Waals surface area contributed by atoms with Crippen LogP contribution in [0.15, 0.2) is 23.2 Å². The largest absolute Gasteiger partial charge is 0.497 e. The van der Waals surface area contributed by atoms with Crippen LogP contribution in [0, 0.1) is 11.3 Å². The predicted octanol–water partition coefficient (Wildman–Crippen LogP) is 3.01. The van der Waals surface area contributed by atoms with Crippen LogP contribution in [0.5, 0.6) is 11.5 Å². The third-order valence-electron chi connectivity index (χ3n) is 5.93. The average molecular weight is 459 g/mol. The Kier molecular flexibility index (Phi) is 5.34. The molecule has 0 radical (unpaired) electrons. The molecule has 1 heterocycles. The van der Waals surface area contributed by atoms with Gasteiger partial charge in [0.25, 0.3) is 0 Å². The molecule has 3 aliphatic rings. The highest BCUT2D eigenvalue weighted by molar-refractivity contribution is 14.0. The summed E-state index contributed by atoms with van der Waals surface area (Å²) in [6, 6.07) is 5.85. The number of nitrogens with two attached hydrogens (primary N) is 1. The van der Waals surface area contributed by atoms with E-state index in [1.165, 1.54) is 19.3 Å². The van der Waals surface area contributed by atoms with Crippen LogP contribution in [0.1, 0.15) is 25.7 Å². The van der Waals surface area contributed by atoms with E-state index in [1.807, 2.05) is 18.2 Å². The highest BCUT2D eigenvalue weighted by atomic mass is 127. The smallest absolute Gasteiger partial charge is 0.193 e. The van der Waals surface area contributed by atoms with Gasteiger partial charge >= 0.3 is 0 Å². The summed E-state index contributed by atoms with van der Waals surface area (Å²) in [7, 11) is 3.27. The van der Waals surface area contributed by atoms with Gasteiger partial charge in [0.2, 0.25) is 0 Å². The summed E-state index contributed by atoms with van der Waals surface area (Å²) in [6.07, 6.45) is 5.18. The lowest BCUT2D eigenvalue weighted by molar-refractivity contribution is -0.164. The van der Waals surface area contributed by atoms with Crippen molar-refractivity contribution < 1.29 is 14.2 Å². The van der Waals surface area contributed by atoms with Gasteiger partial charge in [-0.15, -0.1) is 24.0 Å². The number of fused-ring (bicyclic) bond motifs is 2. The monoisotopic (exact) mass is 459 g/mol. The van der Waals surface area contributed by atoms with Crippen molar-refractivity contribution in [2.24, 2.45) is 22.1 Å². The molecule has 3 atom stereocenters. The van der Waals surface area contributed by atoms with Crippen LogP contribution in [-0.4, -0.2) is 38.9 Å². The summed E-state index contributed by atoms with van der Waals surface area (Å²) in [4.78, 5) is 4.83. The number of hydrogen-bond acceptors (Lipinski definition) is 4. The van der Waals surface area contributed by atoms with E-state index in [0.29, 0.717) is 23.7 Å². The van der Waals surface area contributed by atoms with Gasteiger partial charge in [-0.25, -0.2) is 4.99 Å². The number of nitrogens with zero attached hydrogens (tertiary/aromatic N) is 1. The molecule has 138 valence electrons. The van der Waals surface area contributed by atoms with Crippen molar-refractivity contribution in [3.05, 3.63) is 18.2 Å². The maximum absolute atomic E-state index is 6.22. The molecule has 1 aliphatic heterocycles. The lowest BCUT2D eigenvalue weighted by Gasteiger charge is -2.61. The highest BCUT2D eigenvalue weighted by Crippen LogP contribution is 2.64. The third kappa shape index (κ3) is 2.95. The number of rotatable bonds is 4. The molecule has 1 spiro atoms. The molecule has 0 aromatic heterocycles. The molecule has 3 unspecified atom stereocenters. The molecule has 1 saturated heterocycles. The summed E-state index contributed by atoms with van der Waals surface area (Å²) < 4.78 is 16.6. The molecule has 3 fully saturated rings. The normalized spacial score (nSPS) is 29.0. The minimum Gasteiger partial charge on any atom is -0.497 e. The van der Waals surface area contributed by atoms with Crippen molar-refractivity contribution in [3.8, 4) is 11.5 Å². The van der Waals surface area contributed by atoms with Gasteiger partial charge in [-0.05, 0) is 31.4 Å². The van der Waals surface area contributed by atoms with E-state index < -0.39 is 0 Å². The number of halogens is 1. The van der Waals surface area contributed by atoms with E-state index in [-0.39, 0.29) is 35.4 Å². The second-order valence-corrected chi connectivity index (χ2v) is 6.98. The number of methoxy groups -OCH3 is 2. The number of nitrogens with one attached hydrogen (secondary N) is 1. The molecule has 0 bridgehead atoms. The Bertz CT molecular complexity index is 663. The van der Waals surface area contributed by atoms with Gasteiger partial charge in [-0.3, -0.25) is 0 Å². The molecule has 6 nitrogen and oxygen atoms in total. The Balaban J connectivity index is 0.00000182. The number of hydrogen-bond donors (Lipinski definition) is 2. The van der Waals surface area contributed by atoms with Gasteiger partial charge < -0.3 is 25.3 Å². The first-order chi connectivity index (χ1) is 11.7. The maximum atomic E-state index is 6.22. The number of aliphatic imine (C=N–C) groups is 1. The lowest BCUT2D eigenvalue weighted by atomic mass is 9.46. The van der Waals surface area contributed by atoms with Crippen molar-refractivity contribution in [3.63, 3.8) is 0 Å². The summed E-state index contributed by atoms with van der Waals surface area (Å²) in [5.41, 5.74) is 7.22. The molecule has 4 rings (SSSR count). The van der Waals surface area contributed by atoms with E-state index in [9.17, 15) is 0 Å². The van der Waals surface area contributed by atoms with Gasteiger partial charge in [0.1, 0.15) is 11.5 Å². The number of guanidine groups is 1. The quantitative estimate of drug-likeness (QED) is 0.411. The van der Waals surface area contributed by atoms with E-state index >= 15 is 0 Å². The fraction of sp³-hybridized carbons (Fsp3) is 0.611. The van der Waals surface area contributed by atoms with Crippen molar-refractivity contribution in [1.29, 1.82) is 0 Å². The Morgan fingerprint density at radius 1 is 1.32 bits per heavy atom. The maximum Gasteiger partial charge on any atom is 0.193 e. The fourth-order valence-electron chi connectivity index (χ4n) is 4.62. The first-order valence-corrected chi connectivity index (χ1v) is 8.62.